The summed E-state index contributed by atoms with van der Waals surface area (Å²) in [6.45, 7) is 23.0. The zero-order chi connectivity index (χ0) is 23.4. The number of hydrogen-bond acceptors (Lipinski definition) is 0. The molecule has 0 saturated carbocycles. The third-order valence-electron chi connectivity index (χ3n) is 6.68. The van der Waals surface area contributed by atoms with E-state index in [9.17, 15) is 0 Å². The van der Waals surface area contributed by atoms with Gasteiger partial charge in [0.2, 0.25) is 0 Å². The van der Waals surface area contributed by atoms with Gasteiger partial charge in [-0.05, 0) is 77.7 Å². The molecule has 1 aliphatic carbocycles. The van der Waals surface area contributed by atoms with E-state index in [1.165, 1.54) is 54.4 Å². The molecule has 172 valence electrons. The lowest BCUT2D eigenvalue weighted by atomic mass is 9.68. The molecule has 0 aromatic heterocycles. The summed E-state index contributed by atoms with van der Waals surface area (Å²) >= 11 is 0. The Hall–Kier alpha value is -1.56. The van der Waals surface area contributed by atoms with E-state index in [1.807, 2.05) is 0 Å². The number of benzene rings is 2. The van der Waals surface area contributed by atoms with Crippen molar-refractivity contribution in [1.29, 1.82) is 0 Å². The molecule has 0 bridgehead atoms. The van der Waals surface area contributed by atoms with Gasteiger partial charge in [-0.2, -0.15) is 0 Å². The topological polar surface area (TPSA) is 0 Å². The molecular formula is C31H48. The molecule has 0 spiro atoms. The molecule has 0 heteroatoms. The van der Waals surface area contributed by atoms with Crippen LogP contribution in [0.2, 0.25) is 0 Å². The fourth-order valence-corrected chi connectivity index (χ4v) is 4.81. The van der Waals surface area contributed by atoms with Crippen molar-refractivity contribution in [2.24, 2.45) is 11.8 Å². The molecule has 2 aromatic carbocycles. The van der Waals surface area contributed by atoms with E-state index in [-0.39, 0.29) is 10.8 Å². The van der Waals surface area contributed by atoms with Crippen LogP contribution in [0.3, 0.4) is 0 Å². The van der Waals surface area contributed by atoms with Crippen LogP contribution in [0.25, 0.3) is 11.1 Å². The smallest absolute Gasteiger partial charge is 0.0215 e. The van der Waals surface area contributed by atoms with Crippen LogP contribution in [0.1, 0.15) is 117 Å². The van der Waals surface area contributed by atoms with Gasteiger partial charge in [-0.1, -0.05) is 111 Å². The molecule has 0 fully saturated rings. The highest BCUT2D eigenvalue weighted by molar-refractivity contribution is 5.81. The van der Waals surface area contributed by atoms with Gasteiger partial charge in [0.05, 0.1) is 0 Å². The first kappa shape index (κ1) is 25.7. The zero-order valence-corrected chi connectivity index (χ0v) is 22.2. The van der Waals surface area contributed by atoms with Crippen LogP contribution in [-0.2, 0) is 10.8 Å². The Bertz CT molecular complexity index is 833. The van der Waals surface area contributed by atoms with Crippen LogP contribution in [-0.4, -0.2) is 0 Å². The first-order valence-electron chi connectivity index (χ1n) is 12.7. The average Bonchev–Trinajstić information content (AvgIpc) is 2.93. The highest BCUT2D eigenvalue weighted by Crippen LogP contribution is 2.55. The second kappa shape index (κ2) is 10.4. The molecule has 0 radical (unpaired) electrons. The van der Waals surface area contributed by atoms with E-state index in [0.717, 1.165) is 11.8 Å². The highest BCUT2D eigenvalue weighted by Gasteiger charge is 2.43. The molecule has 3 rings (SSSR count). The minimum atomic E-state index is 0.173. The maximum atomic E-state index is 2.56. The zero-order valence-electron chi connectivity index (χ0n) is 22.2. The Morgan fingerprint density at radius 3 is 1.65 bits per heavy atom. The fourth-order valence-electron chi connectivity index (χ4n) is 4.81. The molecule has 0 N–H and O–H groups in total. The molecule has 0 nitrogen and oxygen atoms in total. The van der Waals surface area contributed by atoms with E-state index < -0.39 is 0 Å². The maximum absolute atomic E-state index is 2.56. The minimum absolute atomic E-state index is 0.173. The second-order valence-corrected chi connectivity index (χ2v) is 11.7. The van der Waals surface area contributed by atoms with E-state index in [1.54, 1.807) is 11.1 Å². The van der Waals surface area contributed by atoms with Crippen molar-refractivity contribution in [3.05, 3.63) is 58.7 Å². The van der Waals surface area contributed by atoms with Gasteiger partial charge in [-0.25, -0.2) is 0 Å². The highest BCUT2D eigenvalue weighted by atomic mass is 14.5. The van der Waals surface area contributed by atoms with Crippen LogP contribution >= 0.6 is 0 Å². The van der Waals surface area contributed by atoms with Gasteiger partial charge in [-0.15, -0.1) is 0 Å². The van der Waals surface area contributed by atoms with Crippen molar-refractivity contribution in [2.45, 2.75) is 112 Å². The Labute approximate surface area is 193 Å². The number of fused-ring (bicyclic) bond motifs is 3. The standard InChI is InChI=1S/C28H40.C3H8/c1-19(2)13-15-28(16-14-20(3)4)25-17-21(5)9-11-23(25)24-12-10-22(18-26(24)28)27(6,7)8;1-3-2/h9-12,17-20H,13-16H2,1-8H3;3H2,1-2H3. The lowest BCUT2D eigenvalue weighted by molar-refractivity contribution is 0.363. The monoisotopic (exact) mass is 420 g/mol. The van der Waals surface area contributed by atoms with Gasteiger partial charge in [-0.3, -0.25) is 0 Å². The summed E-state index contributed by atoms with van der Waals surface area (Å²) in [7, 11) is 0. The minimum Gasteiger partial charge on any atom is -0.0656 e. The van der Waals surface area contributed by atoms with Crippen molar-refractivity contribution in [3.8, 4) is 11.1 Å². The summed E-state index contributed by atoms with van der Waals surface area (Å²) in [4.78, 5) is 0. The summed E-state index contributed by atoms with van der Waals surface area (Å²) in [6, 6.07) is 14.5. The van der Waals surface area contributed by atoms with Crippen molar-refractivity contribution >= 4 is 0 Å². The third kappa shape index (κ3) is 5.82. The van der Waals surface area contributed by atoms with Gasteiger partial charge in [0.25, 0.3) is 0 Å². The average molecular weight is 421 g/mol. The lowest BCUT2D eigenvalue weighted by Gasteiger charge is -2.35. The maximum Gasteiger partial charge on any atom is 0.0215 e. The molecule has 0 heterocycles. The first-order chi connectivity index (χ1) is 14.5. The predicted molar refractivity (Wildman–Crippen MR) is 140 cm³/mol. The number of rotatable bonds is 6. The molecular weight excluding hydrogens is 372 g/mol. The quantitative estimate of drug-likeness (QED) is 0.436. The normalized spacial score (nSPS) is 14.3. The van der Waals surface area contributed by atoms with Gasteiger partial charge >= 0.3 is 0 Å². The molecule has 1 aliphatic rings. The van der Waals surface area contributed by atoms with Gasteiger partial charge in [0.1, 0.15) is 0 Å². The molecule has 0 aliphatic heterocycles. The predicted octanol–water partition coefficient (Wildman–Crippen LogP) is 9.85. The molecule has 0 amide bonds. The second-order valence-electron chi connectivity index (χ2n) is 11.7. The van der Waals surface area contributed by atoms with Crippen molar-refractivity contribution < 1.29 is 0 Å². The Balaban J connectivity index is 0.00000107. The van der Waals surface area contributed by atoms with Crippen LogP contribution in [0.5, 0.6) is 0 Å². The van der Waals surface area contributed by atoms with Crippen LogP contribution < -0.4 is 0 Å². The fraction of sp³-hybridized carbons (Fsp3) is 0.613. The lowest BCUT2D eigenvalue weighted by Crippen LogP contribution is -2.27. The summed E-state index contributed by atoms with van der Waals surface area (Å²) < 4.78 is 0. The van der Waals surface area contributed by atoms with Crippen molar-refractivity contribution in [3.63, 3.8) is 0 Å². The van der Waals surface area contributed by atoms with Crippen molar-refractivity contribution in [1.82, 2.24) is 0 Å². The number of hydrogen-bond donors (Lipinski definition) is 0. The molecule has 0 saturated heterocycles. The Morgan fingerprint density at radius 2 is 1.19 bits per heavy atom. The van der Waals surface area contributed by atoms with Gasteiger partial charge < -0.3 is 0 Å². The summed E-state index contributed by atoms with van der Waals surface area (Å²) in [5, 5.41) is 0. The molecule has 31 heavy (non-hydrogen) atoms. The SMILES string of the molecule is CCC.Cc1ccc2c(c1)C(CCC(C)C)(CCC(C)C)c1cc(C(C)(C)C)ccc1-2. The van der Waals surface area contributed by atoms with Gasteiger partial charge in [0, 0.05) is 5.41 Å². The number of aryl methyl sites for hydroxylation is 1. The van der Waals surface area contributed by atoms with E-state index in [0.29, 0.717) is 0 Å². The third-order valence-corrected chi connectivity index (χ3v) is 6.68. The summed E-state index contributed by atoms with van der Waals surface area (Å²) in [5.74, 6) is 1.47. The largest absolute Gasteiger partial charge is 0.0656 e. The van der Waals surface area contributed by atoms with Crippen LogP contribution in [0, 0.1) is 18.8 Å². The van der Waals surface area contributed by atoms with E-state index >= 15 is 0 Å². The molecule has 2 aromatic rings. The van der Waals surface area contributed by atoms with E-state index in [2.05, 4.69) is 106 Å². The van der Waals surface area contributed by atoms with E-state index in [4.69, 9.17) is 0 Å². The Kier molecular flexibility index (Phi) is 8.60. The molecule has 0 unspecified atom stereocenters. The van der Waals surface area contributed by atoms with Crippen molar-refractivity contribution in [2.75, 3.05) is 0 Å². The Morgan fingerprint density at radius 1 is 0.742 bits per heavy atom. The molecule has 0 atom stereocenters. The first-order valence-corrected chi connectivity index (χ1v) is 12.7. The summed E-state index contributed by atoms with van der Waals surface area (Å²) in [5.41, 5.74) is 9.37. The van der Waals surface area contributed by atoms with Crippen LogP contribution in [0.15, 0.2) is 36.4 Å². The summed E-state index contributed by atoms with van der Waals surface area (Å²) in [6.07, 6.45) is 6.33. The van der Waals surface area contributed by atoms with Gasteiger partial charge in [0.15, 0.2) is 0 Å². The van der Waals surface area contributed by atoms with Crippen LogP contribution in [0.4, 0.5) is 0 Å².